The molecule has 1 aromatic carbocycles. The number of carbonyl (C=O) groups excluding carboxylic acids is 2. The minimum atomic E-state index is -0.741. The van der Waals surface area contributed by atoms with E-state index in [0.29, 0.717) is 30.4 Å². The van der Waals surface area contributed by atoms with E-state index in [-0.39, 0.29) is 24.2 Å². The maximum atomic E-state index is 12.5. The monoisotopic (exact) mass is 315 g/mol. The quantitative estimate of drug-likeness (QED) is 0.839. The lowest BCUT2D eigenvalue weighted by molar-refractivity contribution is -0.125. The molecule has 2 aliphatic heterocycles. The van der Waals surface area contributed by atoms with E-state index in [4.69, 9.17) is 9.47 Å². The Morgan fingerprint density at radius 3 is 3.00 bits per heavy atom. The van der Waals surface area contributed by atoms with Gasteiger partial charge in [0.25, 0.3) is 0 Å². The second-order valence-electron chi connectivity index (χ2n) is 5.14. The fourth-order valence-electron chi connectivity index (χ4n) is 2.56. The van der Waals surface area contributed by atoms with Gasteiger partial charge in [-0.25, -0.2) is 4.68 Å². The number of nitrogens with one attached hydrogen (secondary N) is 2. The van der Waals surface area contributed by atoms with Gasteiger partial charge >= 0.3 is 0 Å². The molecule has 0 fully saturated rings. The molecule has 0 bridgehead atoms. The summed E-state index contributed by atoms with van der Waals surface area (Å²) in [5.74, 6) is 0.876. The summed E-state index contributed by atoms with van der Waals surface area (Å²) in [7, 11) is 0. The van der Waals surface area contributed by atoms with Gasteiger partial charge in [-0.1, -0.05) is 0 Å². The molecule has 0 unspecified atom stereocenters. The molecular weight excluding hydrogens is 302 g/mol. The van der Waals surface area contributed by atoms with Gasteiger partial charge in [0.05, 0.1) is 6.42 Å². The number of ether oxygens (including phenoxy) is 2. The third kappa shape index (κ3) is 2.45. The highest BCUT2D eigenvalue weighted by atomic mass is 16.6. The van der Waals surface area contributed by atoms with Gasteiger partial charge in [0.15, 0.2) is 11.5 Å². The van der Waals surface area contributed by atoms with Crippen LogP contribution in [0, 0.1) is 0 Å². The van der Waals surface area contributed by atoms with E-state index in [1.54, 1.807) is 18.2 Å². The van der Waals surface area contributed by atoms with Crippen LogP contribution in [0.5, 0.6) is 11.5 Å². The molecule has 2 aliphatic rings. The average molecular weight is 315 g/mol. The van der Waals surface area contributed by atoms with Gasteiger partial charge in [-0.3, -0.25) is 14.9 Å². The molecule has 23 heavy (non-hydrogen) atoms. The number of nitrogens with zero attached hydrogens (tertiary/aromatic N) is 3. The lowest BCUT2D eigenvalue weighted by Gasteiger charge is -2.23. The van der Waals surface area contributed by atoms with Crippen LogP contribution < -0.4 is 20.1 Å². The molecule has 0 saturated heterocycles. The van der Waals surface area contributed by atoms with Crippen molar-refractivity contribution in [3.63, 3.8) is 0 Å². The number of hydrogen-bond acceptors (Lipinski definition) is 6. The molecule has 0 spiro atoms. The number of carbonyl (C=O) groups is 2. The number of rotatable bonds is 2. The first-order valence-corrected chi connectivity index (χ1v) is 7.10. The topological polar surface area (TPSA) is 107 Å². The second kappa shape index (κ2) is 5.27. The van der Waals surface area contributed by atoms with Crippen LogP contribution in [0.2, 0.25) is 0 Å². The number of fused-ring (bicyclic) bond motifs is 2. The van der Waals surface area contributed by atoms with Crippen LogP contribution in [0.3, 0.4) is 0 Å². The SMILES string of the molecule is O=C1C[C@@H](C(=O)Nc2ccc3c(c2)OCCO3)n2ncnc2N1. The summed E-state index contributed by atoms with van der Waals surface area (Å²) in [6.45, 7) is 0.973. The maximum absolute atomic E-state index is 12.5. The first kappa shape index (κ1) is 13.6. The van der Waals surface area contributed by atoms with Crippen molar-refractivity contribution in [3.05, 3.63) is 24.5 Å². The highest BCUT2D eigenvalue weighted by Crippen LogP contribution is 2.33. The zero-order chi connectivity index (χ0) is 15.8. The average Bonchev–Trinajstić information content (AvgIpc) is 3.02. The maximum Gasteiger partial charge on any atom is 0.249 e. The number of benzene rings is 1. The van der Waals surface area contributed by atoms with E-state index in [1.807, 2.05) is 0 Å². The summed E-state index contributed by atoms with van der Waals surface area (Å²) < 4.78 is 12.3. The smallest absolute Gasteiger partial charge is 0.249 e. The van der Waals surface area contributed by atoms with Crippen LogP contribution in [0.4, 0.5) is 11.6 Å². The predicted octanol–water partition coefficient (Wildman–Crippen LogP) is 0.571. The fraction of sp³-hybridized carbons (Fsp3) is 0.286. The summed E-state index contributed by atoms with van der Waals surface area (Å²) in [4.78, 5) is 28.1. The standard InChI is InChI=1S/C14H13N5O4/c20-12-6-9(19-14(18-12)15-7-16-19)13(21)17-8-1-2-10-11(5-8)23-4-3-22-10/h1-2,5,7,9H,3-4,6H2,(H,17,21)(H,15,16,18,20)/t9-/m0/s1. The van der Waals surface area contributed by atoms with Crippen LogP contribution >= 0.6 is 0 Å². The molecular formula is C14H13N5O4. The van der Waals surface area contributed by atoms with Gasteiger partial charge in [-0.15, -0.1) is 0 Å². The molecule has 118 valence electrons. The predicted molar refractivity (Wildman–Crippen MR) is 78.4 cm³/mol. The van der Waals surface area contributed by atoms with Crippen molar-refractivity contribution in [2.75, 3.05) is 23.8 Å². The van der Waals surface area contributed by atoms with E-state index >= 15 is 0 Å². The Morgan fingerprint density at radius 2 is 2.13 bits per heavy atom. The van der Waals surface area contributed by atoms with Crippen LogP contribution in [0.25, 0.3) is 0 Å². The molecule has 1 aromatic heterocycles. The lowest BCUT2D eigenvalue weighted by atomic mass is 10.1. The summed E-state index contributed by atoms with van der Waals surface area (Å²) in [6.07, 6.45) is 1.30. The fourth-order valence-corrected chi connectivity index (χ4v) is 2.56. The van der Waals surface area contributed by atoms with E-state index in [1.165, 1.54) is 11.0 Å². The molecule has 9 nitrogen and oxygen atoms in total. The van der Waals surface area contributed by atoms with Gasteiger partial charge in [0.2, 0.25) is 17.8 Å². The first-order valence-electron chi connectivity index (χ1n) is 7.10. The van der Waals surface area contributed by atoms with Crippen LogP contribution in [-0.2, 0) is 9.59 Å². The molecule has 2 aromatic rings. The normalized spacial score (nSPS) is 18.8. The minimum Gasteiger partial charge on any atom is -0.486 e. The molecule has 4 rings (SSSR count). The Hall–Kier alpha value is -3.10. The minimum absolute atomic E-state index is 0.00669. The zero-order valence-electron chi connectivity index (χ0n) is 12.0. The van der Waals surface area contributed by atoms with Crippen molar-refractivity contribution in [1.82, 2.24) is 14.8 Å². The number of anilines is 2. The molecule has 0 aliphatic carbocycles. The lowest BCUT2D eigenvalue weighted by Crippen LogP contribution is -2.36. The van der Waals surface area contributed by atoms with Gasteiger partial charge in [0.1, 0.15) is 25.6 Å². The summed E-state index contributed by atoms with van der Waals surface area (Å²) >= 11 is 0. The second-order valence-corrected chi connectivity index (χ2v) is 5.14. The number of amides is 2. The highest BCUT2D eigenvalue weighted by molar-refractivity contribution is 6.00. The van der Waals surface area contributed by atoms with Crippen molar-refractivity contribution in [1.29, 1.82) is 0 Å². The molecule has 0 saturated carbocycles. The Kier molecular flexibility index (Phi) is 3.11. The van der Waals surface area contributed by atoms with Crippen molar-refractivity contribution >= 4 is 23.5 Å². The van der Waals surface area contributed by atoms with Crippen LogP contribution in [0.1, 0.15) is 12.5 Å². The van der Waals surface area contributed by atoms with E-state index in [0.717, 1.165) is 0 Å². The Morgan fingerprint density at radius 1 is 1.30 bits per heavy atom. The molecule has 0 radical (unpaired) electrons. The molecule has 2 N–H and O–H groups in total. The van der Waals surface area contributed by atoms with Crippen molar-refractivity contribution in [3.8, 4) is 11.5 Å². The van der Waals surface area contributed by atoms with Gasteiger partial charge < -0.3 is 14.8 Å². The Labute approximate surface area is 130 Å². The Balaban J connectivity index is 1.56. The third-order valence-corrected chi connectivity index (χ3v) is 3.61. The molecule has 2 amide bonds. The van der Waals surface area contributed by atoms with E-state index in [9.17, 15) is 9.59 Å². The number of aromatic nitrogens is 3. The Bertz CT molecular complexity index is 787. The zero-order valence-corrected chi connectivity index (χ0v) is 12.0. The summed E-state index contributed by atoms with van der Waals surface area (Å²) in [5, 5.41) is 9.32. The van der Waals surface area contributed by atoms with Crippen molar-refractivity contribution < 1.29 is 19.1 Å². The summed E-state index contributed by atoms with van der Waals surface area (Å²) in [5.41, 5.74) is 0.562. The van der Waals surface area contributed by atoms with Crippen LogP contribution in [-0.4, -0.2) is 39.8 Å². The third-order valence-electron chi connectivity index (χ3n) is 3.61. The van der Waals surface area contributed by atoms with E-state index in [2.05, 4.69) is 20.7 Å². The summed E-state index contributed by atoms with van der Waals surface area (Å²) in [6, 6.07) is 4.40. The molecule has 1 atom stereocenters. The molecule has 3 heterocycles. The first-order chi connectivity index (χ1) is 11.2. The van der Waals surface area contributed by atoms with Gasteiger partial charge in [-0.2, -0.15) is 10.1 Å². The van der Waals surface area contributed by atoms with Crippen molar-refractivity contribution in [2.45, 2.75) is 12.5 Å². The largest absolute Gasteiger partial charge is 0.486 e. The molecule has 9 heteroatoms. The van der Waals surface area contributed by atoms with Gasteiger partial charge in [0, 0.05) is 11.8 Å². The number of hydrogen-bond donors (Lipinski definition) is 2. The highest BCUT2D eigenvalue weighted by Gasteiger charge is 2.32. The van der Waals surface area contributed by atoms with E-state index < -0.39 is 6.04 Å². The van der Waals surface area contributed by atoms with Crippen LogP contribution in [0.15, 0.2) is 24.5 Å². The van der Waals surface area contributed by atoms with Crippen molar-refractivity contribution in [2.24, 2.45) is 0 Å². The van der Waals surface area contributed by atoms with Gasteiger partial charge in [-0.05, 0) is 12.1 Å².